The molecule has 1 heterocycles. The summed E-state index contributed by atoms with van der Waals surface area (Å²) in [5.74, 6) is 0. The molecule has 2 rings (SSSR count). The van der Waals surface area contributed by atoms with Crippen molar-refractivity contribution in [3.05, 3.63) is 35.5 Å². The molecule has 0 amide bonds. The fourth-order valence-electron chi connectivity index (χ4n) is 1.77. The molecule has 1 aliphatic heterocycles. The molecule has 1 fully saturated rings. The Bertz CT molecular complexity index is 267. The molecule has 0 aromatic heterocycles. The number of likely N-dealkylation sites (tertiary alicyclic amines) is 1. The third kappa shape index (κ3) is 2.31. The van der Waals surface area contributed by atoms with E-state index in [1.807, 2.05) is 0 Å². The van der Waals surface area contributed by atoms with E-state index < -0.39 is 0 Å². The van der Waals surface area contributed by atoms with Gasteiger partial charge in [0.1, 0.15) is 0 Å². The molecule has 0 unspecified atom stereocenters. The van der Waals surface area contributed by atoms with Crippen molar-refractivity contribution in [1.82, 2.24) is 4.90 Å². The molecule has 0 radical (unpaired) electrons. The highest BCUT2D eigenvalue weighted by atomic mass is 15.2. The standard InChI is InChI=1S/C12H17N/c1-11-5-2-3-6-12(9-11)10-13-7-4-8-13/h3,5-6,9H,2,4,7-8,10H2,1H3. The zero-order valence-electron chi connectivity index (χ0n) is 8.29. The quantitative estimate of drug-likeness (QED) is 0.623. The average Bonchev–Trinajstić information content (AvgIpc) is 2.22. The van der Waals surface area contributed by atoms with Crippen LogP contribution in [-0.2, 0) is 0 Å². The molecule has 0 spiro atoms. The Morgan fingerprint density at radius 3 is 2.92 bits per heavy atom. The zero-order valence-corrected chi connectivity index (χ0v) is 8.29. The maximum absolute atomic E-state index is 2.49. The van der Waals surface area contributed by atoms with Crippen LogP contribution >= 0.6 is 0 Å². The van der Waals surface area contributed by atoms with Gasteiger partial charge in [-0.25, -0.2) is 0 Å². The molecule has 1 nitrogen and oxygen atoms in total. The number of allylic oxidation sites excluding steroid dienone is 4. The number of rotatable bonds is 2. The van der Waals surface area contributed by atoms with Crippen LogP contribution in [0, 0.1) is 0 Å². The van der Waals surface area contributed by atoms with Gasteiger partial charge in [0.2, 0.25) is 0 Å². The molecule has 0 aromatic rings. The van der Waals surface area contributed by atoms with E-state index in [1.165, 1.54) is 30.7 Å². The van der Waals surface area contributed by atoms with Crippen molar-refractivity contribution in [1.29, 1.82) is 0 Å². The van der Waals surface area contributed by atoms with Gasteiger partial charge in [-0.2, -0.15) is 0 Å². The molecular weight excluding hydrogens is 158 g/mol. The Labute approximate surface area is 80.4 Å². The molecule has 1 aliphatic carbocycles. The summed E-state index contributed by atoms with van der Waals surface area (Å²) < 4.78 is 0. The topological polar surface area (TPSA) is 3.24 Å². The lowest BCUT2D eigenvalue weighted by molar-refractivity contribution is 0.200. The van der Waals surface area contributed by atoms with E-state index in [4.69, 9.17) is 0 Å². The first-order chi connectivity index (χ1) is 6.34. The first kappa shape index (κ1) is 8.76. The molecule has 1 saturated heterocycles. The van der Waals surface area contributed by atoms with Gasteiger partial charge in [0.15, 0.2) is 0 Å². The van der Waals surface area contributed by atoms with Gasteiger partial charge in [0.05, 0.1) is 0 Å². The normalized spacial score (nSPS) is 23.2. The Morgan fingerprint density at radius 1 is 1.38 bits per heavy atom. The molecule has 0 saturated carbocycles. The molecule has 0 N–H and O–H groups in total. The minimum atomic E-state index is 1.09. The Hall–Kier alpha value is -0.820. The monoisotopic (exact) mass is 175 g/mol. The van der Waals surface area contributed by atoms with Crippen LogP contribution in [0.4, 0.5) is 0 Å². The second kappa shape index (κ2) is 3.93. The van der Waals surface area contributed by atoms with E-state index in [2.05, 4.69) is 36.1 Å². The summed E-state index contributed by atoms with van der Waals surface area (Å²) in [7, 11) is 0. The predicted octanol–water partition coefficient (Wildman–Crippen LogP) is 2.52. The Kier molecular flexibility index (Phi) is 2.65. The minimum Gasteiger partial charge on any atom is -0.299 e. The van der Waals surface area contributed by atoms with Crippen molar-refractivity contribution in [3.8, 4) is 0 Å². The highest BCUT2D eigenvalue weighted by Gasteiger charge is 2.13. The molecule has 13 heavy (non-hydrogen) atoms. The molecule has 70 valence electrons. The maximum Gasteiger partial charge on any atom is 0.0233 e. The molecule has 1 heteroatoms. The summed E-state index contributed by atoms with van der Waals surface area (Å²) in [6, 6.07) is 0. The summed E-state index contributed by atoms with van der Waals surface area (Å²) in [6.07, 6.45) is 11.6. The molecule has 0 aromatic carbocycles. The number of hydrogen-bond donors (Lipinski definition) is 0. The van der Waals surface area contributed by atoms with E-state index in [-0.39, 0.29) is 0 Å². The van der Waals surface area contributed by atoms with Gasteiger partial charge in [0.25, 0.3) is 0 Å². The minimum absolute atomic E-state index is 1.09. The van der Waals surface area contributed by atoms with Crippen LogP contribution in [0.5, 0.6) is 0 Å². The van der Waals surface area contributed by atoms with Gasteiger partial charge < -0.3 is 0 Å². The predicted molar refractivity (Wildman–Crippen MR) is 56.7 cm³/mol. The third-order valence-corrected chi connectivity index (χ3v) is 2.68. The van der Waals surface area contributed by atoms with Crippen LogP contribution in [0.2, 0.25) is 0 Å². The van der Waals surface area contributed by atoms with Crippen LogP contribution < -0.4 is 0 Å². The SMILES string of the molecule is CC1=CCC=CC(CN2CCC2)=C1. The smallest absolute Gasteiger partial charge is 0.0233 e. The van der Waals surface area contributed by atoms with Crippen molar-refractivity contribution in [2.24, 2.45) is 0 Å². The van der Waals surface area contributed by atoms with Crippen LogP contribution in [0.1, 0.15) is 19.8 Å². The van der Waals surface area contributed by atoms with Gasteiger partial charge in [-0.15, -0.1) is 0 Å². The van der Waals surface area contributed by atoms with Crippen molar-refractivity contribution >= 4 is 0 Å². The van der Waals surface area contributed by atoms with Gasteiger partial charge in [-0.05, 0) is 38.4 Å². The van der Waals surface area contributed by atoms with Crippen LogP contribution in [0.25, 0.3) is 0 Å². The molecule has 0 atom stereocenters. The largest absolute Gasteiger partial charge is 0.299 e. The summed E-state index contributed by atoms with van der Waals surface area (Å²) in [5.41, 5.74) is 2.87. The van der Waals surface area contributed by atoms with E-state index in [1.54, 1.807) is 0 Å². The summed E-state index contributed by atoms with van der Waals surface area (Å²) in [4.78, 5) is 2.49. The van der Waals surface area contributed by atoms with Crippen LogP contribution in [-0.4, -0.2) is 24.5 Å². The Morgan fingerprint density at radius 2 is 2.23 bits per heavy atom. The fraction of sp³-hybridized carbons (Fsp3) is 0.500. The summed E-state index contributed by atoms with van der Waals surface area (Å²) in [6.45, 7) is 5.90. The molecule has 2 aliphatic rings. The number of nitrogens with zero attached hydrogens (tertiary/aromatic N) is 1. The molecular formula is C12H17N. The van der Waals surface area contributed by atoms with E-state index in [0.29, 0.717) is 0 Å². The first-order valence-electron chi connectivity index (χ1n) is 5.11. The lowest BCUT2D eigenvalue weighted by atomic mass is 10.1. The lowest BCUT2D eigenvalue weighted by Crippen LogP contribution is -2.38. The van der Waals surface area contributed by atoms with Gasteiger partial charge >= 0.3 is 0 Å². The van der Waals surface area contributed by atoms with Crippen LogP contribution in [0.15, 0.2) is 35.5 Å². The van der Waals surface area contributed by atoms with E-state index in [9.17, 15) is 0 Å². The Balaban J connectivity index is 1.99. The highest BCUT2D eigenvalue weighted by molar-refractivity contribution is 5.33. The second-order valence-corrected chi connectivity index (χ2v) is 3.94. The first-order valence-corrected chi connectivity index (χ1v) is 5.11. The summed E-state index contributed by atoms with van der Waals surface area (Å²) >= 11 is 0. The fourth-order valence-corrected chi connectivity index (χ4v) is 1.77. The lowest BCUT2D eigenvalue weighted by Gasteiger charge is -2.31. The van der Waals surface area contributed by atoms with Crippen molar-refractivity contribution in [2.45, 2.75) is 19.8 Å². The van der Waals surface area contributed by atoms with E-state index >= 15 is 0 Å². The number of hydrogen-bond acceptors (Lipinski definition) is 1. The van der Waals surface area contributed by atoms with Gasteiger partial charge in [-0.1, -0.05) is 29.9 Å². The van der Waals surface area contributed by atoms with E-state index in [0.717, 1.165) is 13.0 Å². The van der Waals surface area contributed by atoms with Crippen molar-refractivity contribution < 1.29 is 0 Å². The van der Waals surface area contributed by atoms with Gasteiger partial charge in [-0.3, -0.25) is 4.90 Å². The second-order valence-electron chi connectivity index (χ2n) is 3.94. The van der Waals surface area contributed by atoms with Crippen molar-refractivity contribution in [3.63, 3.8) is 0 Å². The maximum atomic E-state index is 2.49. The van der Waals surface area contributed by atoms with Crippen molar-refractivity contribution in [2.75, 3.05) is 19.6 Å². The molecule has 0 bridgehead atoms. The van der Waals surface area contributed by atoms with Crippen LogP contribution in [0.3, 0.4) is 0 Å². The third-order valence-electron chi connectivity index (χ3n) is 2.68. The highest BCUT2D eigenvalue weighted by Crippen LogP contribution is 2.14. The summed E-state index contributed by atoms with van der Waals surface area (Å²) in [5, 5.41) is 0. The zero-order chi connectivity index (χ0) is 9.10. The average molecular weight is 175 g/mol. The van der Waals surface area contributed by atoms with Gasteiger partial charge in [0, 0.05) is 6.54 Å².